The van der Waals surface area contributed by atoms with Crippen molar-refractivity contribution in [3.05, 3.63) is 47.7 Å². The maximum Gasteiger partial charge on any atom is 0.277 e. The fourth-order valence-electron chi connectivity index (χ4n) is 1.50. The summed E-state index contributed by atoms with van der Waals surface area (Å²) < 4.78 is 0. The van der Waals surface area contributed by atoms with Crippen LogP contribution in [-0.4, -0.2) is 20.9 Å². The Morgan fingerprint density at radius 1 is 1.24 bits per heavy atom. The molecule has 1 amide bonds. The second-order valence-electron chi connectivity index (χ2n) is 3.72. The molecule has 2 aromatic rings. The third kappa shape index (κ3) is 2.84. The Balaban J connectivity index is 2.19. The van der Waals surface area contributed by atoms with Crippen LogP contribution >= 0.6 is 0 Å². The van der Waals surface area contributed by atoms with Gasteiger partial charge in [-0.2, -0.15) is 0 Å². The van der Waals surface area contributed by atoms with Crippen LogP contribution in [0.15, 0.2) is 30.7 Å². The molecular weight excluding hydrogens is 216 g/mol. The summed E-state index contributed by atoms with van der Waals surface area (Å²) in [6.07, 6.45) is 4.41. The molecule has 0 aliphatic heterocycles. The molecular formula is C12H12N4O. The lowest BCUT2D eigenvalue weighted by Gasteiger charge is -2.05. The van der Waals surface area contributed by atoms with Gasteiger partial charge in [0.25, 0.3) is 5.91 Å². The minimum Gasteiger partial charge on any atom is -0.305 e. The van der Waals surface area contributed by atoms with E-state index < -0.39 is 0 Å². The van der Waals surface area contributed by atoms with Gasteiger partial charge in [0.05, 0.1) is 6.20 Å². The highest BCUT2D eigenvalue weighted by molar-refractivity contribution is 6.02. The second-order valence-corrected chi connectivity index (χ2v) is 3.72. The van der Waals surface area contributed by atoms with Gasteiger partial charge in [-0.3, -0.25) is 9.78 Å². The van der Waals surface area contributed by atoms with Crippen molar-refractivity contribution in [3.8, 4) is 0 Å². The molecule has 0 spiro atoms. The Morgan fingerprint density at radius 2 is 2.06 bits per heavy atom. The van der Waals surface area contributed by atoms with Crippen LogP contribution < -0.4 is 5.32 Å². The first-order valence-electron chi connectivity index (χ1n) is 5.18. The Bertz CT molecular complexity index is 519. The Hall–Kier alpha value is -2.30. The third-order valence-corrected chi connectivity index (χ3v) is 2.14. The molecule has 0 saturated carbocycles. The van der Waals surface area contributed by atoms with Crippen LogP contribution in [0.2, 0.25) is 0 Å². The van der Waals surface area contributed by atoms with Gasteiger partial charge in [-0.05, 0) is 31.5 Å². The van der Waals surface area contributed by atoms with E-state index in [2.05, 4.69) is 20.3 Å². The Labute approximate surface area is 99.0 Å². The van der Waals surface area contributed by atoms with Crippen molar-refractivity contribution in [1.29, 1.82) is 0 Å². The molecule has 86 valence electrons. The van der Waals surface area contributed by atoms with Gasteiger partial charge in [-0.15, -0.1) is 0 Å². The van der Waals surface area contributed by atoms with Crippen molar-refractivity contribution in [3.63, 3.8) is 0 Å². The predicted molar refractivity (Wildman–Crippen MR) is 63.7 cm³/mol. The topological polar surface area (TPSA) is 67.8 Å². The zero-order chi connectivity index (χ0) is 12.3. The van der Waals surface area contributed by atoms with Crippen LogP contribution in [0, 0.1) is 13.8 Å². The van der Waals surface area contributed by atoms with Gasteiger partial charge >= 0.3 is 0 Å². The Kier molecular flexibility index (Phi) is 3.09. The molecule has 17 heavy (non-hydrogen) atoms. The second kappa shape index (κ2) is 4.69. The molecule has 0 aliphatic rings. The number of nitrogens with zero attached hydrogens (tertiary/aromatic N) is 3. The molecule has 2 aromatic heterocycles. The van der Waals surface area contributed by atoms with E-state index in [1.165, 1.54) is 18.6 Å². The fraction of sp³-hybridized carbons (Fsp3) is 0.167. The van der Waals surface area contributed by atoms with Crippen molar-refractivity contribution < 1.29 is 4.79 Å². The SMILES string of the molecule is Cc1cc(C)nc(NC(=O)c2cnccn2)c1. The summed E-state index contributed by atoms with van der Waals surface area (Å²) in [6.45, 7) is 3.83. The number of anilines is 1. The van der Waals surface area contributed by atoms with Gasteiger partial charge in [-0.25, -0.2) is 9.97 Å². The van der Waals surface area contributed by atoms with Gasteiger partial charge in [0.2, 0.25) is 0 Å². The minimum atomic E-state index is -0.310. The van der Waals surface area contributed by atoms with E-state index in [1.807, 2.05) is 19.9 Å². The quantitative estimate of drug-likeness (QED) is 0.850. The molecule has 0 aromatic carbocycles. The molecule has 1 N–H and O–H groups in total. The maximum absolute atomic E-state index is 11.8. The van der Waals surface area contributed by atoms with Gasteiger partial charge in [0.1, 0.15) is 11.5 Å². The summed E-state index contributed by atoms with van der Waals surface area (Å²) in [5.41, 5.74) is 2.18. The number of hydrogen-bond acceptors (Lipinski definition) is 4. The lowest BCUT2D eigenvalue weighted by Crippen LogP contribution is -2.15. The summed E-state index contributed by atoms with van der Waals surface area (Å²) in [5, 5.41) is 2.69. The van der Waals surface area contributed by atoms with Gasteiger partial charge < -0.3 is 5.32 Å². The highest BCUT2D eigenvalue weighted by Gasteiger charge is 2.08. The number of aromatic nitrogens is 3. The van der Waals surface area contributed by atoms with E-state index in [0.717, 1.165) is 11.3 Å². The largest absolute Gasteiger partial charge is 0.305 e. The number of pyridine rings is 1. The number of nitrogens with one attached hydrogen (secondary N) is 1. The number of aryl methyl sites for hydroxylation is 2. The van der Waals surface area contributed by atoms with Gasteiger partial charge in [0.15, 0.2) is 0 Å². The highest BCUT2D eigenvalue weighted by Crippen LogP contribution is 2.09. The molecule has 0 unspecified atom stereocenters. The Morgan fingerprint density at radius 3 is 2.71 bits per heavy atom. The average Bonchev–Trinajstić information content (AvgIpc) is 2.28. The summed E-state index contributed by atoms with van der Waals surface area (Å²) >= 11 is 0. The molecule has 5 heteroatoms. The molecule has 0 bridgehead atoms. The van der Waals surface area contributed by atoms with E-state index >= 15 is 0 Å². The molecule has 0 atom stereocenters. The molecule has 2 heterocycles. The van der Waals surface area contributed by atoms with Crippen molar-refractivity contribution in [1.82, 2.24) is 15.0 Å². The maximum atomic E-state index is 11.8. The summed E-state index contributed by atoms with van der Waals surface area (Å²) in [7, 11) is 0. The van der Waals surface area contributed by atoms with Crippen molar-refractivity contribution >= 4 is 11.7 Å². The number of hydrogen-bond donors (Lipinski definition) is 1. The highest BCUT2D eigenvalue weighted by atomic mass is 16.1. The van der Waals surface area contributed by atoms with Crippen LogP contribution in [0.5, 0.6) is 0 Å². The number of amides is 1. The summed E-state index contributed by atoms with van der Waals surface area (Å²) in [5.74, 6) is 0.216. The van der Waals surface area contributed by atoms with E-state index in [4.69, 9.17) is 0 Å². The zero-order valence-electron chi connectivity index (χ0n) is 9.64. The molecule has 0 saturated heterocycles. The van der Waals surface area contributed by atoms with Crippen molar-refractivity contribution in [2.75, 3.05) is 5.32 Å². The van der Waals surface area contributed by atoms with E-state index in [0.29, 0.717) is 5.82 Å². The normalized spacial score (nSPS) is 10.0. The fourth-order valence-corrected chi connectivity index (χ4v) is 1.50. The van der Waals surface area contributed by atoms with E-state index in [1.54, 1.807) is 6.07 Å². The number of rotatable bonds is 2. The van der Waals surface area contributed by atoms with Crippen LogP contribution in [-0.2, 0) is 0 Å². The summed E-state index contributed by atoms with van der Waals surface area (Å²) in [6, 6.07) is 3.75. The number of carbonyl (C=O) groups excluding carboxylic acids is 1. The third-order valence-electron chi connectivity index (χ3n) is 2.14. The van der Waals surface area contributed by atoms with Crippen LogP contribution in [0.4, 0.5) is 5.82 Å². The monoisotopic (exact) mass is 228 g/mol. The minimum absolute atomic E-state index is 0.272. The number of carbonyl (C=O) groups is 1. The first-order valence-corrected chi connectivity index (χ1v) is 5.18. The smallest absolute Gasteiger partial charge is 0.277 e. The first kappa shape index (κ1) is 11.2. The van der Waals surface area contributed by atoms with Crippen LogP contribution in [0.25, 0.3) is 0 Å². The zero-order valence-corrected chi connectivity index (χ0v) is 9.64. The lowest BCUT2D eigenvalue weighted by molar-refractivity contribution is 0.102. The first-order chi connectivity index (χ1) is 8.15. The predicted octanol–water partition coefficient (Wildman–Crippen LogP) is 1.74. The molecule has 0 fully saturated rings. The average molecular weight is 228 g/mol. The molecule has 5 nitrogen and oxygen atoms in total. The van der Waals surface area contributed by atoms with Crippen LogP contribution in [0.1, 0.15) is 21.7 Å². The van der Waals surface area contributed by atoms with E-state index in [9.17, 15) is 4.79 Å². The van der Waals surface area contributed by atoms with Crippen LogP contribution in [0.3, 0.4) is 0 Å². The van der Waals surface area contributed by atoms with Gasteiger partial charge in [-0.1, -0.05) is 0 Å². The van der Waals surface area contributed by atoms with Crippen molar-refractivity contribution in [2.45, 2.75) is 13.8 Å². The lowest BCUT2D eigenvalue weighted by atomic mass is 10.2. The molecule has 0 aliphatic carbocycles. The van der Waals surface area contributed by atoms with Gasteiger partial charge in [0, 0.05) is 18.1 Å². The standard InChI is InChI=1S/C12H12N4O/c1-8-5-9(2)15-11(6-8)16-12(17)10-7-13-3-4-14-10/h3-7H,1-2H3,(H,15,16,17). The molecule has 0 radical (unpaired) electrons. The summed E-state index contributed by atoms with van der Waals surface area (Å²) in [4.78, 5) is 23.8. The van der Waals surface area contributed by atoms with Crippen molar-refractivity contribution in [2.24, 2.45) is 0 Å². The molecule has 2 rings (SSSR count). The van der Waals surface area contributed by atoms with E-state index in [-0.39, 0.29) is 11.6 Å².